The van der Waals surface area contributed by atoms with Gasteiger partial charge in [0.05, 0.1) is 0 Å². The van der Waals surface area contributed by atoms with Crippen LogP contribution in [-0.2, 0) is 11.4 Å². The number of hydrogen-bond donors (Lipinski definition) is 1. The maximum atomic E-state index is 10.4. The zero-order chi connectivity index (χ0) is 10.8. The quantitative estimate of drug-likeness (QED) is 0.787. The van der Waals surface area contributed by atoms with E-state index in [1.807, 2.05) is 0 Å². The lowest BCUT2D eigenvalue weighted by molar-refractivity contribution is 0.441. The normalized spacial score (nSPS) is 12.6. The molecule has 0 heterocycles. The SMILES string of the molecule is O=S([O-])Oc1ccc(O)c2ccccc12. The molecule has 4 nitrogen and oxygen atoms in total. The highest BCUT2D eigenvalue weighted by molar-refractivity contribution is 7.74. The lowest BCUT2D eigenvalue weighted by atomic mass is 10.1. The highest BCUT2D eigenvalue weighted by atomic mass is 32.2. The van der Waals surface area contributed by atoms with Crippen LogP contribution in [0.1, 0.15) is 0 Å². The molecule has 1 N–H and O–H groups in total. The number of rotatable bonds is 2. The molecule has 78 valence electrons. The molecule has 0 spiro atoms. The maximum Gasteiger partial charge on any atom is 0.147 e. The Bertz CT molecular complexity index is 524. The summed E-state index contributed by atoms with van der Waals surface area (Å²) in [7, 11) is 0. The molecule has 0 aromatic heterocycles. The van der Waals surface area contributed by atoms with Gasteiger partial charge in [-0.3, -0.25) is 0 Å². The van der Waals surface area contributed by atoms with Crippen molar-refractivity contribution in [3.8, 4) is 11.5 Å². The molecule has 0 amide bonds. The fourth-order valence-corrected chi connectivity index (χ4v) is 1.69. The van der Waals surface area contributed by atoms with Crippen molar-refractivity contribution in [1.29, 1.82) is 0 Å². The smallest absolute Gasteiger partial charge is 0.147 e. The minimum absolute atomic E-state index is 0.0923. The van der Waals surface area contributed by atoms with Crippen molar-refractivity contribution in [2.75, 3.05) is 0 Å². The summed E-state index contributed by atoms with van der Waals surface area (Å²) in [6, 6.07) is 9.66. The van der Waals surface area contributed by atoms with Crippen molar-refractivity contribution in [3.63, 3.8) is 0 Å². The third-order valence-electron chi connectivity index (χ3n) is 2.02. The number of benzene rings is 2. The van der Waals surface area contributed by atoms with Crippen molar-refractivity contribution in [2.24, 2.45) is 0 Å². The second-order valence-electron chi connectivity index (χ2n) is 2.92. The van der Waals surface area contributed by atoms with Gasteiger partial charge in [0.25, 0.3) is 0 Å². The van der Waals surface area contributed by atoms with Gasteiger partial charge in [-0.25, -0.2) is 4.21 Å². The van der Waals surface area contributed by atoms with E-state index >= 15 is 0 Å². The Hall–Kier alpha value is -1.59. The van der Waals surface area contributed by atoms with Gasteiger partial charge in [0.2, 0.25) is 0 Å². The van der Waals surface area contributed by atoms with E-state index in [-0.39, 0.29) is 11.5 Å². The predicted molar refractivity (Wildman–Crippen MR) is 55.2 cm³/mol. The molecule has 0 radical (unpaired) electrons. The Kier molecular flexibility index (Phi) is 2.57. The largest absolute Gasteiger partial charge is 0.740 e. The van der Waals surface area contributed by atoms with E-state index in [0.29, 0.717) is 10.8 Å². The summed E-state index contributed by atoms with van der Waals surface area (Å²) in [5.74, 6) is 0.298. The highest BCUT2D eigenvalue weighted by Gasteiger charge is 2.05. The number of fused-ring (bicyclic) bond motifs is 1. The lowest BCUT2D eigenvalue weighted by Crippen LogP contribution is -1.98. The fourth-order valence-electron chi connectivity index (χ4n) is 1.40. The summed E-state index contributed by atoms with van der Waals surface area (Å²) in [6.45, 7) is 0. The first kappa shape index (κ1) is 9.95. The molecular weight excluding hydrogens is 216 g/mol. The molecule has 2 aromatic carbocycles. The molecule has 0 fully saturated rings. The average molecular weight is 223 g/mol. The van der Waals surface area contributed by atoms with Crippen LogP contribution in [0.4, 0.5) is 0 Å². The maximum absolute atomic E-state index is 10.4. The predicted octanol–water partition coefficient (Wildman–Crippen LogP) is 1.72. The monoisotopic (exact) mass is 223 g/mol. The summed E-state index contributed by atoms with van der Waals surface area (Å²) in [5.41, 5.74) is 0. The Morgan fingerprint density at radius 1 is 1.13 bits per heavy atom. The van der Waals surface area contributed by atoms with Gasteiger partial charge in [-0.05, 0) is 12.1 Å². The minimum atomic E-state index is -2.61. The van der Waals surface area contributed by atoms with E-state index in [2.05, 4.69) is 4.18 Å². The van der Waals surface area contributed by atoms with Crippen LogP contribution in [0, 0.1) is 0 Å². The molecule has 0 saturated heterocycles. The summed E-state index contributed by atoms with van der Waals surface area (Å²) < 4.78 is 25.4. The number of hydrogen-bond acceptors (Lipinski definition) is 4. The second-order valence-corrected chi connectivity index (χ2v) is 3.49. The lowest BCUT2D eigenvalue weighted by Gasteiger charge is -2.10. The van der Waals surface area contributed by atoms with Gasteiger partial charge < -0.3 is 13.8 Å². The molecule has 0 bridgehead atoms. The van der Waals surface area contributed by atoms with Gasteiger partial charge in [0, 0.05) is 10.8 Å². The van der Waals surface area contributed by atoms with Crippen LogP contribution in [0.25, 0.3) is 10.8 Å². The van der Waals surface area contributed by atoms with Crippen LogP contribution in [-0.4, -0.2) is 13.9 Å². The molecule has 2 aromatic rings. The van der Waals surface area contributed by atoms with E-state index in [1.54, 1.807) is 24.3 Å². The molecule has 15 heavy (non-hydrogen) atoms. The number of phenols is 1. The third kappa shape index (κ3) is 1.93. The molecular formula is C10H7O4S-. The van der Waals surface area contributed by atoms with Crippen LogP contribution in [0.3, 0.4) is 0 Å². The molecule has 1 atom stereocenters. The van der Waals surface area contributed by atoms with Crippen LogP contribution in [0.2, 0.25) is 0 Å². The topological polar surface area (TPSA) is 69.6 Å². The average Bonchev–Trinajstić information content (AvgIpc) is 2.22. The zero-order valence-electron chi connectivity index (χ0n) is 7.54. The summed E-state index contributed by atoms with van der Waals surface area (Å²) in [6.07, 6.45) is 0. The summed E-state index contributed by atoms with van der Waals surface area (Å²) in [4.78, 5) is 0. The molecule has 0 aliphatic carbocycles. The van der Waals surface area contributed by atoms with Crippen LogP contribution in [0.15, 0.2) is 36.4 Å². The van der Waals surface area contributed by atoms with E-state index < -0.39 is 11.4 Å². The van der Waals surface area contributed by atoms with Crippen molar-refractivity contribution in [1.82, 2.24) is 0 Å². The van der Waals surface area contributed by atoms with Gasteiger partial charge in [-0.2, -0.15) is 0 Å². The first-order valence-corrected chi connectivity index (χ1v) is 5.17. The van der Waals surface area contributed by atoms with Crippen LogP contribution < -0.4 is 4.18 Å². The molecule has 0 aliphatic rings. The van der Waals surface area contributed by atoms with Gasteiger partial charge >= 0.3 is 0 Å². The first-order valence-electron chi connectivity index (χ1n) is 4.17. The van der Waals surface area contributed by atoms with Gasteiger partial charge in [0.15, 0.2) is 0 Å². The van der Waals surface area contributed by atoms with Gasteiger partial charge in [-0.1, -0.05) is 24.3 Å². The minimum Gasteiger partial charge on any atom is -0.740 e. The van der Waals surface area contributed by atoms with Gasteiger partial charge in [-0.15, -0.1) is 0 Å². The Morgan fingerprint density at radius 3 is 2.47 bits per heavy atom. The number of phenolic OH excluding ortho intramolecular Hbond substituents is 1. The molecule has 0 aliphatic heterocycles. The fraction of sp³-hybridized carbons (Fsp3) is 0. The van der Waals surface area contributed by atoms with Crippen molar-refractivity contribution in [2.45, 2.75) is 0 Å². The van der Waals surface area contributed by atoms with Gasteiger partial charge in [0.1, 0.15) is 22.9 Å². The standard InChI is InChI=1S/C10H8O4S/c11-9-5-6-10(14-15(12)13)8-4-2-1-3-7(8)9/h1-6,11H,(H,12,13)/p-1. The first-order chi connectivity index (χ1) is 7.18. The highest BCUT2D eigenvalue weighted by Crippen LogP contribution is 2.32. The Labute approximate surface area is 88.6 Å². The van der Waals surface area contributed by atoms with Crippen molar-refractivity contribution >= 4 is 22.1 Å². The molecule has 2 rings (SSSR count). The Morgan fingerprint density at radius 2 is 1.80 bits per heavy atom. The van der Waals surface area contributed by atoms with Crippen molar-refractivity contribution in [3.05, 3.63) is 36.4 Å². The molecule has 1 unspecified atom stereocenters. The van der Waals surface area contributed by atoms with Crippen LogP contribution >= 0.6 is 0 Å². The van der Waals surface area contributed by atoms with E-state index in [4.69, 9.17) is 0 Å². The summed E-state index contributed by atoms with van der Waals surface area (Å²) in [5, 5.41) is 10.6. The van der Waals surface area contributed by atoms with Crippen LogP contribution in [0.5, 0.6) is 11.5 Å². The molecule has 0 saturated carbocycles. The van der Waals surface area contributed by atoms with E-state index in [1.165, 1.54) is 12.1 Å². The van der Waals surface area contributed by atoms with E-state index in [9.17, 15) is 13.9 Å². The zero-order valence-corrected chi connectivity index (χ0v) is 8.36. The van der Waals surface area contributed by atoms with Crippen molar-refractivity contribution < 1.29 is 18.1 Å². The Balaban J connectivity index is 2.66. The second kappa shape index (κ2) is 3.88. The number of aromatic hydroxyl groups is 1. The van der Waals surface area contributed by atoms with E-state index in [0.717, 1.165) is 0 Å². The summed E-state index contributed by atoms with van der Waals surface area (Å²) >= 11 is -2.61. The third-order valence-corrected chi connectivity index (χ3v) is 2.33. The molecule has 5 heteroatoms.